The number of halogens is 1. The zero-order valence-corrected chi connectivity index (χ0v) is 11.2. The third kappa shape index (κ3) is 1.97. The zero-order chi connectivity index (χ0) is 12.5. The van der Waals surface area contributed by atoms with Crippen molar-refractivity contribution >= 4 is 15.9 Å². The van der Waals surface area contributed by atoms with Crippen LogP contribution < -0.4 is 15.2 Å². The average molecular weight is 310 g/mol. The van der Waals surface area contributed by atoms with Gasteiger partial charge in [0.25, 0.3) is 0 Å². The second-order valence-corrected chi connectivity index (χ2v) is 4.71. The Labute approximate surface area is 112 Å². The van der Waals surface area contributed by atoms with Crippen molar-refractivity contribution in [2.75, 3.05) is 13.3 Å². The molecule has 3 N–H and O–H groups in total. The first-order chi connectivity index (χ1) is 8.78. The van der Waals surface area contributed by atoms with Gasteiger partial charge in [0.15, 0.2) is 16.2 Å². The van der Waals surface area contributed by atoms with Gasteiger partial charge in [-0.05, 0) is 40.7 Å². The van der Waals surface area contributed by atoms with Gasteiger partial charge in [0.2, 0.25) is 6.79 Å². The molecule has 0 saturated carbocycles. The summed E-state index contributed by atoms with van der Waals surface area (Å²) >= 11 is 3.35. The van der Waals surface area contributed by atoms with Gasteiger partial charge in [0.1, 0.15) is 0 Å². The van der Waals surface area contributed by atoms with E-state index in [1.165, 1.54) is 0 Å². The van der Waals surface area contributed by atoms with Gasteiger partial charge >= 0.3 is 0 Å². The van der Waals surface area contributed by atoms with Crippen LogP contribution in [0.5, 0.6) is 11.5 Å². The fourth-order valence-corrected chi connectivity index (χ4v) is 2.40. The molecule has 1 aliphatic rings. The number of nitrogens with zero attached hydrogens (tertiary/aromatic N) is 1. The van der Waals surface area contributed by atoms with Crippen LogP contribution in [-0.4, -0.2) is 23.3 Å². The standard InChI is InChI=1S/C12H12BrN3O2/c13-12-15-8(3-4-14)11(16-12)7-1-2-9-10(5-7)18-6-17-9/h1-2,5H,3-4,6,14H2,(H,15,16). The van der Waals surface area contributed by atoms with Gasteiger partial charge < -0.3 is 20.2 Å². The molecule has 0 amide bonds. The van der Waals surface area contributed by atoms with Crippen molar-refractivity contribution in [1.29, 1.82) is 0 Å². The summed E-state index contributed by atoms with van der Waals surface area (Å²) in [4.78, 5) is 7.60. The first-order valence-electron chi connectivity index (χ1n) is 5.62. The van der Waals surface area contributed by atoms with Crippen LogP contribution in [0.15, 0.2) is 22.9 Å². The van der Waals surface area contributed by atoms with Crippen LogP contribution in [-0.2, 0) is 6.42 Å². The van der Waals surface area contributed by atoms with Crippen molar-refractivity contribution in [1.82, 2.24) is 9.97 Å². The fourth-order valence-electron chi connectivity index (χ4n) is 1.99. The Morgan fingerprint density at radius 3 is 3.00 bits per heavy atom. The Hall–Kier alpha value is -1.53. The highest BCUT2D eigenvalue weighted by Crippen LogP contribution is 2.36. The molecule has 1 aromatic heterocycles. The summed E-state index contributed by atoms with van der Waals surface area (Å²) in [5, 5.41) is 0. The topological polar surface area (TPSA) is 73.2 Å². The number of imidazole rings is 1. The maximum absolute atomic E-state index is 5.60. The lowest BCUT2D eigenvalue weighted by molar-refractivity contribution is 0.174. The fraction of sp³-hybridized carbons (Fsp3) is 0.250. The molecule has 0 unspecified atom stereocenters. The molecule has 0 saturated heterocycles. The van der Waals surface area contributed by atoms with E-state index in [0.717, 1.165) is 34.9 Å². The normalized spacial score (nSPS) is 13.0. The highest BCUT2D eigenvalue weighted by atomic mass is 79.9. The first-order valence-corrected chi connectivity index (χ1v) is 6.41. The van der Waals surface area contributed by atoms with E-state index in [0.29, 0.717) is 11.3 Å². The molecule has 1 aliphatic heterocycles. The molecule has 1 aromatic carbocycles. The number of nitrogens with two attached hydrogens (primary N) is 1. The molecule has 0 atom stereocenters. The molecule has 2 aromatic rings. The molecule has 6 heteroatoms. The SMILES string of the molecule is NCCc1[nH]c(Br)nc1-c1ccc2c(c1)OCO2. The van der Waals surface area contributed by atoms with Gasteiger partial charge in [-0.15, -0.1) is 0 Å². The highest BCUT2D eigenvalue weighted by molar-refractivity contribution is 9.10. The van der Waals surface area contributed by atoms with Crippen molar-refractivity contribution < 1.29 is 9.47 Å². The number of benzene rings is 1. The average Bonchev–Trinajstić information content (AvgIpc) is 2.95. The van der Waals surface area contributed by atoms with E-state index >= 15 is 0 Å². The van der Waals surface area contributed by atoms with Gasteiger partial charge in [0.05, 0.1) is 5.69 Å². The number of H-pyrrole nitrogens is 1. The molecule has 94 valence electrons. The van der Waals surface area contributed by atoms with Gasteiger partial charge in [-0.1, -0.05) is 0 Å². The van der Waals surface area contributed by atoms with Crippen molar-refractivity contribution in [2.45, 2.75) is 6.42 Å². The lowest BCUT2D eigenvalue weighted by Gasteiger charge is -2.03. The molecule has 2 heterocycles. The van der Waals surface area contributed by atoms with Crippen LogP contribution in [0, 0.1) is 0 Å². The minimum absolute atomic E-state index is 0.276. The molecule has 0 fully saturated rings. The molecule has 3 rings (SSSR count). The predicted molar refractivity (Wildman–Crippen MR) is 70.6 cm³/mol. The molecule has 0 aliphatic carbocycles. The van der Waals surface area contributed by atoms with Crippen molar-refractivity contribution in [3.05, 3.63) is 28.6 Å². The Morgan fingerprint density at radius 1 is 1.33 bits per heavy atom. The number of hydrogen-bond acceptors (Lipinski definition) is 4. The summed E-state index contributed by atoms with van der Waals surface area (Å²) in [6.45, 7) is 0.852. The molecular formula is C12H12BrN3O2. The van der Waals surface area contributed by atoms with E-state index in [9.17, 15) is 0 Å². The zero-order valence-electron chi connectivity index (χ0n) is 9.57. The van der Waals surface area contributed by atoms with Crippen molar-refractivity contribution in [3.63, 3.8) is 0 Å². The van der Waals surface area contributed by atoms with Crippen LogP contribution in [0.4, 0.5) is 0 Å². The molecule has 18 heavy (non-hydrogen) atoms. The number of fused-ring (bicyclic) bond motifs is 1. The van der Waals surface area contributed by atoms with Gasteiger partial charge in [-0.2, -0.15) is 0 Å². The summed E-state index contributed by atoms with van der Waals surface area (Å²) in [7, 11) is 0. The van der Waals surface area contributed by atoms with E-state index < -0.39 is 0 Å². The van der Waals surface area contributed by atoms with E-state index in [2.05, 4.69) is 25.9 Å². The van der Waals surface area contributed by atoms with Gasteiger partial charge in [-0.3, -0.25) is 0 Å². The third-order valence-corrected chi connectivity index (χ3v) is 3.17. The molecule has 0 spiro atoms. The smallest absolute Gasteiger partial charge is 0.231 e. The van der Waals surface area contributed by atoms with Crippen LogP contribution in [0.25, 0.3) is 11.3 Å². The predicted octanol–water partition coefficient (Wildman–Crippen LogP) is 2.07. The monoisotopic (exact) mass is 309 g/mol. The van der Waals surface area contributed by atoms with E-state index in [1.54, 1.807) is 0 Å². The van der Waals surface area contributed by atoms with E-state index in [-0.39, 0.29) is 6.79 Å². The van der Waals surface area contributed by atoms with Crippen LogP contribution in [0.3, 0.4) is 0 Å². The van der Waals surface area contributed by atoms with E-state index in [1.807, 2.05) is 18.2 Å². The largest absolute Gasteiger partial charge is 0.454 e. The number of hydrogen-bond donors (Lipinski definition) is 2. The Kier molecular flexibility index (Phi) is 2.97. The second kappa shape index (κ2) is 4.62. The van der Waals surface area contributed by atoms with E-state index in [4.69, 9.17) is 15.2 Å². The van der Waals surface area contributed by atoms with Crippen molar-refractivity contribution in [2.24, 2.45) is 5.73 Å². The number of rotatable bonds is 3. The van der Waals surface area contributed by atoms with Crippen molar-refractivity contribution in [3.8, 4) is 22.8 Å². The molecule has 0 radical (unpaired) electrons. The maximum atomic E-state index is 5.60. The Morgan fingerprint density at radius 2 is 2.17 bits per heavy atom. The summed E-state index contributed by atoms with van der Waals surface area (Å²) in [5.41, 5.74) is 8.50. The summed E-state index contributed by atoms with van der Waals surface area (Å²) in [5.74, 6) is 1.53. The van der Waals surface area contributed by atoms with Crippen LogP contribution >= 0.6 is 15.9 Å². The lowest BCUT2D eigenvalue weighted by Crippen LogP contribution is -2.04. The summed E-state index contributed by atoms with van der Waals surface area (Å²) in [6, 6.07) is 5.80. The summed E-state index contributed by atoms with van der Waals surface area (Å²) < 4.78 is 11.4. The number of aromatic nitrogens is 2. The number of nitrogens with one attached hydrogen (secondary N) is 1. The minimum Gasteiger partial charge on any atom is -0.454 e. The maximum Gasteiger partial charge on any atom is 0.231 e. The highest BCUT2D eigenvalue weighted by Gasteiger charge is 2.17. The van der Waals surface area contributed by atoms with Crippen LogP contribution in [0.1, 0.15) is 5.69 Å². The molecule has 5 nitrogen and oxygen atoms in total. The first kappa shape index (κ1) is 11.6. The Bertz CT molecular complexity index is 583. The lowest BCUT2D eigenvalue weighted by atomic mass is 10.1. The third-order valence-electron chi connectivity index (χ3n) is 2.79. The second-order valence-electron chi connectivity index (χ2n) is 3.96. The van der Waals surface area contributed by atoms with Gasteiger partial charge in [0, 0.05) is 17.7 Å². The number of ether oxygens (including phenoxy) is 2. The Balaban J connectivity index is 2.03. The molecular weight excluding hydrogens is 298 g/mol. The van der Waals surface area contributed by atoms with Gasteiger partial charge in [-0.25, -0.2) is 4.98 Å². The summed E-state index contributed by atoms with van der Waals surface area (Å²) in [6.07, 6.45) is 0.752. The number of aromatic amines is 1. The molecule has 0 bridgehead atoms. The quantitative estimate of drug-likeness (QED) is 0.910. The minimum atomic E-state index is 0.276. The van der Waals surface area contributed by atoms with Crippen LogP contribution in [0.2, 0.25) is 0 Å².